The minimum atomic E-state index is -0.428. The van der Waals surface area contributed by atoms with Gasteiger partial charge in [0, 0.05) is 17.8 Å². The number of hydrogen-bond donors (Lipinski definition) is 1. The molecule has 2 amide bonds. The number of nitrogens with zero attached hydrogens (tertiary/aromatic N) is 1. The number of rotatable bonds is 9. The van der Waals surface area contributed by atoms with Crippen LogP contribution in [-0.2, 0) is 31.9 Å². The van der Waals surface area contributed by atoms with Gasteiger partial charge in [0.25, 0.3) is 5.91 Å². The molecule has 1 aromatic carbocycles. The van der Waals surface area contributed by atoms with Crippen LogP contribution in [0.15, 0.2) is 29.2 Å². The molecule has 4 rings (SSSR count). The number of anilines is 1. The number of hydrogen-bond acceptors (Lipinski definition) is 9. The number of carbonyl (C=O) groups is 4. The van der Waals surface area contributed by atoms with E-state index in [1.54, 1.807) is 37.3 Å². The second kappa shape index (κ2) is 12.7. The fourth-order valence-electron chi connectivity index (χ4n) is 4.34. The molecule has 11 heteroatoms. The minimum Gasteiger partial charge on any atom is -0.465 e. The fraction of sp³-hybridized carbons (Fsp3) is 0.370. The highest BCUT2D eigenvalue weighted by Gasteiger charge is 2.32. The number of thioether (sulfide) groups is 1. The van der Waals surface area contributed by atoms with Crippen molar-refractivity contribution in [3.63, 3.8) is 0 Å². The van der Waals surface area contributed by atoms with E-state index in [-0.39, 0.29) is 24.8 Å². The number of carbonyl (C=O) groups excluding carboxylic acids is 4. The molecule has 2 aromatic rings. The van der Waals surface area contributed by atoms with Crippen LogP contribution in [0.4, 0.5) is 5.00 Å². The Balaban J connectivity index is 1.34. The summed E-state index contributed by atoms with van der Waals surface area (Å²) in [5.41, 5.74) is 2.67. The molecule has 0 bridgehead atoms. The number of esters is 2. The average molecular weight is 573 g/mol. The van der Waals surface area contributed by atoms with Crippen LogP contribution in [0.1, 0.15) is 69.3 Å². The summed E-state index contributed by atoms with van der Waals surface area (Å²) in [4.78, 5) is 53.0. The molecule has 1 aliphatic heterocycles. The number of thiocarbonyl (C=S) groups is 1. The first-order valence-corrected chi connectivity index (χ1v) is 14.4. The lowest BCUT2D eigenvalue weighted by Crippen LogP contribution is -2.29. The van der Waals surface area contributed by atoms with Gasteiger partial charge >= 0.3 is 11.9 Å². The van der Waals surface area contributed by atoms with Crippen LogP contribution in [-0.4, -0.2) is 53.2 Å². The Morgan fingerprint density at radius 1 is 1.13 bits per heavy atom. The van der Waals surface area contributed by atoms with Gasteiger partial charge in [0.05, 0.1) is 29.7 Å². The fourth-order valence-corrected chi connectivity index (χ4v) is 6.94. The van der Waals surface area contributed by atoms with E-state index in [4.69, 9.17) is 21.7 Å². The summed E-state index contributed by atoms with van der Waals surface area (Å²) in [7, 11) is 1.32. The van der Waals surface area contributed by atoms with E-state index in [2.05, 4.69) is 5.32 Å². The Hall–Kier alpha value is -3.02. The molecule has 0 unspecified atom stereocenters. The summed E-state index contributed by atoms with van der Waals surface area (Å²) in [6, 6.07) is 6.73. The van der Waals surface area contributed by atoms with Gasteiger partial charge in [0.15, 0.2) is 0 Å². The minimum absolute atomic E-state index is 0.177. The number of nitrogens with one attached hydrogen (secondary N) is 1. The van der Waals surface area contributed by atoms with Crippen molar-refractivity contribution in [3.05, 3.63) is 56.3 Å². The zero-order valence-corrected chi connectivity index (χ0v) is 23.6. The van der Waals surface area contributed by atoms with Crippen molar-refractivity contribution in [1.29, 1.82) is 0 Å². The van der Waals surface area contributed by atoms with E-state index in [0.717, 1.165) is 41.7 Å². The normalized spacial score (nSPS) is 15.9. The molecule has 1 saturated heterocycles. The lowest BCUT2D eigenvalue weighted by Gasteiger charge is -2.14. The molecule has 2 aliphatic rings. The van der Waals surface area contributed by atoms with Gasteiger partial charge in [-0.3, -0.25) is 14.5 Å². The zero-order chi connectivity index (χ0) is 27.2. The second-order valence-corrected chi connectivity index (χ2v) is 11.5. The molecule has 200 valence electrons. The Bertz CT molecular complexity index is 1300. The van der Waals surface area contributed by atoms with Gasteiger partial charge in [-0.1, -0.05) is 36.1 Å². The number of methoxy groups -OCH3 is 1. The smallest absolute Gasteiger partial charge is 0.341 e. The molecule has 0 spiro atoms. The quantitative estimate of drug-likeness (QED) is 0.248. The highest BCUT2D eigenvalue weighted by molar-refractivity contribution is 8.26. The van der Waals surface area contributed by atoms with Crippen LogP contribution in [0.3, 0.4) is 0 Å². The number of thiophene rings is 1. The van der Waals surface area contributed by atoms with Crippen LogP contribution in [0.5, 0.6) is 0 Å². The second-order valence-electron chi connectivity index (χ2n) is 8.73. The Morgan fingerprint density at radius 3 is 2.58 bits per heavy atom. The molecular formula is C27H28N2O6S3. The predicted octanol–water partition coefficient (Wildman–Crippen LogP) is 5.21. The van der Waals surface area contributed by atoms with Gasteiger partial charge in [-0.05, 0) is 68.4 Å². The number of benzene rings is 1. The molecule has 1 aliphatic carbocycles. The summed E-state index contributed by atoms with van der Waals surface area (Å²) in [5, 5.41) is 3.45. The first kappa shape index (κ1) is 28.0. The van der Waals surface area contributed by atoms with Gasteiger partial charge in [0.1, 0.15) is 9.32 Å². The number of aryl methyl sites for hydroxylation is 1. The lowest BCUT2D eigenvalue weighted by molar-refractivity contribution is -0.122. The van der Waals surface area contributed by atoms with E-state index in [0.29, 0.717) is 38.3 Å². The van der Waals surface area contributed by atoms with E-state index < -0.39 is 11.9 Å². The van der Waals surface area contributed by atoms with Crippen molar-refractivity contribution in [2.45, 2.75) is 45.4 Å². The Labute approximate surface area is 234 Å². The summed E-state index contributed by atoms with van der Waals surface area (Å²) < 4.78 is 10.4. The molecule has 1 N–H and O–H groups in total. The zero-order valence-electron chi connectivity index (χ0n) is 21.2. The number of ether oxygens (including phenoxy) is 2. The van der Waals surface area contributed by atoms with Crippen LogP contribution < -0.4 is 5.32 Å². The van der Waals surface area contributed by atoms with Crippen molar-refractivity contribution >= 4 is 74.5 Å². The third kappa shape index (κ3) is 6.33. The van der Waals surface area contributed by atoms with Gasteiger partial charge in [0.2, 0.25) is 5.91 Å². The summed E-state index contributed by atoms with van der Waals surface area (Å²) >= 11 is 8.06. The molecule has 2 heterocycles. The molecule has 1 fully saturated rings. The van der Waals surface area contributed by atoms with Crippen molar-refractivity contribution in [1.82, 2.24) is 4.90 Å². The maximum atomic E-state index is 12.9. The van der Waals surface area contributed by atoms with E-state index in [1.807, 2.05) is 0 Å². The number of amides is 2. The highest BCUT2D eigenvalue weighted by atomic mass is 32.2. The number of fused-ring (bicyclic) bond motifs is 1. The molecule has 0 radical (unpaired) electrons. The third-order valence-electron chi connectivity index (χ3n) is 6.19. The van der Waals surface area contributed by atoms with Crippen molar-refractivity contribution in [3.8, 4) is 0 Å². The first-order valence-electron chi connectivity index (χ1n) is 12.4. The topological polar surface area (TPSA) is 102 Å². The summed E-state index contributed by atoms with van der Waals surface area (Å²) in [6.07, 6.45) is 6.12. The van der Waals surface area contributed by atoms with Gasteiger partial charge in [-0.2, -0.15) is 0 Å². The molecule has 0 saturated carbocycles. The van der Waals surface area contributed by atoms with E-state index >= 15 is 0 Å². The van der Waals surface area contributed by atoms with E-state index in [9.17, 15) is 19.2 Å². The van der Waals surface area contributed by atoms with Gasteiger partial charge in [-0.15, -0.1) is 11.3 Å². The van der Waals surface area contributed by atoms with Gasteiger partial charge in [-0.25, -0.2) is 9.59 Å². The lowest BCUT2D eigenvalue weighted by atomic mass is 9.95. The Morgan fingerprint density at radius 2 is 1.87 bits per heavy atom. The molecule has 0 atom stereocenters. The highest BCUT2D eigenvalue weighted by Crippen LogP contribution is 2.39. The SMILES string of the molecule is CCOC(=O)c1c(NC(=O)CCCN2C(=O)/C(=C/c3ccc(C(=O)OC)cc3)SC2=S)sc2c1CCCC2. The van der Waals surface area contributed by atoms with Crippen LogP contribution in [0, 0.1) is 0 Å². The van der Waals surface area contributed by atoms with Crippen LogP contribution >= 0.6 is 35.3 Å². The maximum Gasteiger partial charge on any atom is 0.341 e. The largest absolute Gasteiger partial charge is 0.465 e. The van der Waals surface area contributed by atoms with Crippen molar-refractivity contribution in [2.75, 3.05) is 25.6 Å². The van der Waals surface area contributed by atoms with Crippen LogP contribution in [0.2, 0.25) is 0 Å². The summed E-state index contributed by atoms with van der Waals surface area (Å²) in [6.45, 7) is 2.34. The maximum absolute atomic E-state index is 12.9. The third-order valence-corrected chi connectivity index (χ3v) is 8.78. The van der Waals surface area contributed by atoms with Crippen molar-refractivity contribution in [2.24, 2.45) is 0 Å². The predicted molar refractivity (Wildman–Crippen MR) is 152 cm³/mol. The molecule has 8 nitrogen and oxygen atoms in total. The van der Waals surface area contributed by atoms with Gasteiger partial charge < -0.3 is 14.8 Å². The summed E-state index contributed by atoms with van der Waals surface area (Å²) in [5.74, 6) is -1.26. The van der Waals surface area contributed by atoms with E-state index in [1.165, 1.54) is 35.1 Å². The van der Waals surface area contributed by atoms with Crippen molar-refractivity contribution < 1.29 is 28.7 Å². The Kier molecular flexibility index (Phi) is 9.35. The standard InChI is InChI=1S/C27H28N2O6S3/c1-3-35-26(33)22-18-7-4-5-8-19(18)37-23(22)28-21(30)9-6-14-29-24(31)20(38-27(29)36)15-16-10-12-17(13-11-16)25(32)34-2/h10-13,15H,3-9,14H2,1-2H3,(H,28,30)/b20-15-. The molecular weight excluding hydrogens is 545 g/mol. The first-order chi connectivity index (χ1) is 18.3. The van der Waals surface area contributed by atoms with Crippen LogP contribution in [0.25, 0.3) is 6.08 Å². The molecule has 1 aromatic heterocycles. The molecule has 38 heavy (non-hydrogen) atoms. The monoisotopic (exact) mass is 572 g/mol. The average Bonchev–Trinajstić information content (AvgIpc) is 3.40.